The van der Waals surface area contributed by atoms with E-state index in [9.17, 15) is 4.79 Å². The molecule has 0 saturated carbocycles. The van der Waals surface area contributed by atoms with E-state index < -0.39 is 0 Å². The molecule has 24 heavy (non-hydrogen) atoms. The number of ether oxygens (including phenoxy) is 2. The third-order valence-corrected chi connectivity index (χ3v) is 3.17. The summed E-state index contributed by atoms with van der Waals surface area (Å²) in [5.74, 6) is 1.96. The van der Waals surface area contributed by atoms with Crippen LogP contribution in [0.2, 0.25) is 0 Å². The summed E-state index contributed by atoms with van der Waals surface area (Å²) in [4.78, 5) is 15.7. The number of aliphatic imine (C=N–C) groups is 1. The minimum absolute atomic E-state index is 0.0301. The summed E-state index contributed by atoms with van der Waals surface area (Å²) in [6.45, 7) is 5.73. The highest BCUT2D eigenvalue weighted by molar-refractivity contribution is 5.94. The first-order valence-corrected chi connectivity index (χ1v) is 8.19. The van der Waals surface area contributed by atoms with Crippen LogP contribution < -0.4 is 25.4 Å². The summed E-state index contributed by atoms with van der Waals surface area (Å²) in [5, 5.41) is 9.11. The van der Waals surface area contributed by atoms with Crippen molar-refractivity contribution in [3.05, 3.63) is 18.2 Å². The predicted octanol–water partition coefficient (Wildman–Crippen LogP) is 2.00. The second-order valence-corrected chi connectivity index (χ2v) is 5.02. The fourth-order valence-electron chi connectivity index (χ4n) is 1.98. The maximum atomic E-state index is 11.6. The minimum atomic E-state index is 0.0301. The third-order valence-electron chi connectivity index (χ3n) is 3.17. The van der Waals surface area contributed by atoms with Crippen LogP contribution in [0.4, 0.5) is 5.69 Å². The van der Waals surface area contributed by atoms with Crippen LogP contribution >= 0.6 is 0 Å². The minimum Gasteiger partial charge on any atom is -0.493 e. The molecule has 1 aromatic rings. The van der Waals surface area contributed by atoms with Gasteiger partial charge in [0.1, 0.15) is 0 Å². The van der Waals surface area contributed by atoms with Crippen LogP contribution in [-0.2, 0) is 4.79 Å². The van der Waals surface area contributed by atoms with Crippen molar-refractivity contribution in [3.63, 3.8) is 0 Å². The molecule has 0 bridgehead atoms. The molecule has 134 valence electrons. The number of nitrogens with one attached hydrogen (secondary N) is 3. The molecule has 7 heteroatoms. The van der Waals surface area contributed by atoms with Crippen LogP contribution in [0.1, 0.15) is 26.7 Å². The van der Waals surface area contributed by atoms with Crippen molar-refractivity contribution in [2.45, 2.75) is 26.7 Å². The lowest BCUT2D eigenvalue weighted by atomic mass is 10.2. The van der Waals surface area contributed by atoms with Gasteiger partial charge in [-0.2, -0.15) is 0 Å². The SMILES string of the molecule is CCCNC(=O)CCNC(=NC)Nc1ccc(OCC)c(OC)c1. The third kappa shape index (κ3) is 6.76. The number of carbonyl (C=O) groups is 1. The van der Waals surface area contributed by atoms with E-state index >= 15 is 0 Å². The number of amides is 1. The maximum Gasteiger partial charge on any atom is 0.221 e. The number of hydrogen-bond donors (Lipinski definition) is 3. The van der Waals surface area contributed by atoms with E-state index in [0.717, 1.165) is 12.1 Å². The monoisotopic (exact) mass is 336 g/mol. The summed E-state index contributed by atoms with van der Waals surface area (Å²) in [6.07, 6.45) is 1.33. The van der Waals surface area contributed by atoms with Crippen molar-refractivity contribution in [2.24, 2.45) is 4.99 Å². The molecular formula is C17H28N4O3. The zero-order chi connectivity index (χ0) is 17.8. The van der Waals surface area contributed by atoms with Crippen LogP contribution in [-0.4, -0.2) is 45.7 Å². The summed E-state index contributed by atoms with van der Waals surface area (Å²) >= 11 is 0. The van der Waals surface area contributed by atoms with Gasteiger partial charge in [0.25, 0.3) is 0 Å². The predicted molar refractivity (Wildman–Crippen MR) is 97.1 cm³/mol. The lowest BCUT2D eigenvalue weighted by Crippen LogP contribution is -2.34. The van der Waals surface area contributed by atoms with E-state index in [1.807, 2.05) is 32.0 Å². The molecule has 3 N–H and O–H groups in total. The molecule has 0 fully saturated rings. The number of guanidine groups is 1. The van der Waals surface area contributed by atoms with E-state index in [4.69, 9.17) is 9.47 Å². The van der Waals surface area contributed by atoms with E-state index in [-0.39, 0.29) is 5.91 Å². The van der Waals surface area contributed by atoms with Crippen molar-refractivity contribution in [1.82, 2.24) is 10.6 Å². The largest absolute Gasteiger partial charge is 0.493 e. The van der Waals surface area contributed by atoms with Gasteiger partial charge in [-0.05, 0) is 25.5 Å². The molecule has 0 spiro atoms. The van der Waals surface area contributed by atoms with Gasteiger partial charge >= 0.3 is 0 Å². The lowest BCUT2D eigenvalue weighted by molar-refractivity contribution is -0.120. The van der Waals surface area contributed by atoms with Gasteiger partial charge in [0.05, 0.1) is 13.7 Å². The van der Waals surface area contributed by atoms with Gasteiger partial charge in [-0.25, -0.2) is 0 Å². The summed E-state index contributed by atoms with van der Waals surface area (Å²) in [6, 6.07) is 5.57. The average molecular weight is 336 g/mol. The van der Waals surface area contributed by atoms with Crippen LogP contribution in [0.3, 0.4) is 0 Å². The first kappa shape index (κ1) is 19.6. The molecule has 1 aromatic carbocycles. The van der Waals surface area contributed by atoms with Crippen LogP contribution in [0, 0.1) is 0 Å². The highest BCUT2D eigenvalue weighted by atomic mass is 16.5. The van der Waals surface area contributed by atoms with Gasteiger partial charge in [-0.15, -0.1) is 0 Å². The van der Waals surface area contributed by atoms with Gasteiger partial charge in [0, 0.05) is 38.3 Å². The fourth-order valence-corrected chi connectivity index (χ4v) is 1.98. The maximum absolute atomic E-state index is 11.6. The van der Waals surface area contributed by atoms with Crippen molar-refractivity contribution >= 4 is 17.6 Å². The van der Waals surface area contributed by atoms with Gasteiger partial charge in [0.15, 0.2) is 17.5 Å². The Morgan fingerprint density at radius 1 is 1.17 bits per heavy atom. The van der Waals surface area contributed by atoms with Crippen LogP contribution in [0.15, 0.2) is 23.2 Å². The second-order valence-electron chi connectivity index (χ2n) is 5.02. The second kappa shape index (κ2) is 11.2. The van der Waals surface area contributed by atoms with Gasteiger partial charge in [0.2, 0.25) is 5.91 Å². The van der Waals surface area contributed by atoms with Crippen molar-refractivity contribution in [2.75, 3.05) is 39.2 Å². The molecule has 1 amide bonds. The number of benzene rings is 1. The Bertz CT molecular complexity index is 547. The molecule has 0 aliphatic rings. The quantitative estimate of drug-likeness (QED) is 0.474. The van der Waals surface area contributed by atoms with E-state index in [1.165, 1.54) is 0 Å². The van der Waals surface area contributed by atoms with Gasteiger partial charge < -0.3 is 25.4 Å². The topological polar surface area (TPSA) is 84.0 Å². The van der Waals surface area contributed by atoms with Gasteiger partial charge in [-0.3, -0.25) is 9.79 Å². The van der Waals surface area contributed by atoms with Crippen molar-refractivity contribution in [1.29, 1.82) is 0 Å². The normalized spacial score (nSPS) is 10.9. The summed E-state index contributed by atoms with van der Waals surface area (Å²) < 4.78 is 10.8. The number of rotatable bonds is 9. The Labute approximate surface area is 143 Å². The Hall–Kier alpha value is -2.44. The van der Waals surface area contributed by atoms with Crippen LogP contribution in [0.25, 0.3) is 0 Å². The molecule has 0 aromatic heterocycles. The van der Waals surface area contributed by atoms with E-state index in [1.54, 1.807) is 14.2 Å². The standard InChI is InChI=1S/C17H28N4O3/c1-5-10-19-16(22)9-11-20-17(18-3)21-13-7-8-14(24-6-2)15(12-13)23-4/h7-8,12H,5-6,9-11H2,1-4H3,(H,19,22)(H2,18,20,21). The Balaban J connectivity index is 2.55. The molecule has 7 nitrogen and oxygen atoms in total. The molecular weight excluding hydrogens is 308 g/mol. The molecule has 0 unspecified atom stereocenters. The first-order chi connectivity index (χ1) is 11.6. The molecule has 0 radical (unpaired) electrons. The highest BCUT2D eigenvalue weighted by Gasteiger charge is 2.07. The first-order valence-electron chi connectivity index (χ1n) is 8.19. The Kier molecular flexibility index (Phi) is 9.11. The number of nitrogens with zero attached hydrogens (tertiary/aromatic N) is 1. The molecule has 0 heterocycles. The van der Waals surface area contributed by atoms with Gasteiger partial charge in [-0.1, -0.05) is 6.92 Å². The van der Waals surface area contributed by atoms with Crippen LogP contribution in [0.5, 0.6) is 11.5 Å². The van der Waals surface area contributed by atoms with Crippen molar-refractivity contribution in [3.8, 4) is 11.5 Å². The highest BCUT2D eigenvalue weighted by Crippen LogP contribution is 2.30. The van der Waals surface area contributed by atoms with E-state index in [2.05, 4.69) is 20.9 Å². The molecule has 0 aliphatic heterocycles. The molecule has 0 saturated heterocycles. The molecule has 1 rings (SSSR count). The van der Waals surface area contributed by atoms with E-state index in [0.29, 0.717) is 43.6 Å². The molecule has 0 aliphatic carbocycles. The fraction of sp³-hybridized carbons (Fsp3) is 0.529. The number of hydrogen-bond acceptors (Lipinski definition) is 4. The number of carbonyl (C=O) groups excluding carboxylic acids is 1. The average Bonchev–Trinajstić information content (AvgIpc) is 2.60. The lowest BCUT2D eigenvalue weighted by Gasteiger charge is -2.14. The molecule has 0 atom stereocenters. The zero-order valence-electron chi connectivity index (χ0n) is 14.9. The Morgan fingerprint density at radius 3 is 2.58 bits per heavy atom. The zero-order valence-corrected chi connectivity index (χ0v) is 14.9. The number of methoxy groups -OCH3 is 1. The Morgan fingerprint density at radius 2 is 1.96 bits per heavy atom. The summed E-state index contributed by atoms with van der Waals surface area (Å²) in [7, 11) is 3.28. The van der Waals surface area contributed by atoms with Crippen molar-refractivity contribution < 1.29 is 14.3 Å². The summed E-state index contributed by atoms with van der Waals surface area (Å²) in [5.41, 5.74) is 0.818. The number of anilines is 1. The smallest absolute Gasteiger partial charge is 0.221 e.